The van der Waals surface area contributed by atoms with Crippen molar-refractivity contribution in [3.8, 4) is 0 Å². The van der Waals surface area contributed by atoms with Crippen molar-refractivity contribution in [2.45, 2.75) is 26.3 Å². The predicted molar refractivity (Wildman–Crippen MR) is 78.3 cm³/mol. The zero-order valence-corrected chi connectivity index (χ0v) is 11.7. The molecule has 1 saturated heterocycles. The molecule has 5 nitrogen and oxygen atoms in total. The number of H-pyrrole nitrogens is 1. The van der Waals surface area contributed by atoms with Gasteiger partial charge in [-0.15, -0.1) is 0 Å². The highest BCUT2D eigenvalue weighted by molar-refractivity contribution is 5.94. The van der Waals surface area contributed by atoms with Crippen LogP contribution in [-0.4, -0.2) is 33.9 Å². The van der Waals surface area contributed by atoms with Gasteiger partial charge in [-0.1, -0.05) is 6.92 Å². The van der Waals surface area contributed by atoms with Gasteiger partial charge in [0.1, 0.15) is 5.69 Å². The average molecular weight is 272 g/mol. The third-order valence-electron chi connectivity index (χ3n) is 3.99. The van der Waals surface area contributed by atoms with Gasteiger partial charge in [-0.05, 0) is 43.0 Å². The molecule has 0 saturated carbocycles. The van der Waals surface area contributed by atoms with E-state index in [1.165, 1.54) is 12.8 Å². The van der Waals surface area contributed by atoms with E-state index in [0.717, 1.165) is 42.1 Å². The van der Waals surface area contributed by atoms with Crippen LogP contribution in [0.5, 0.6) is 0 Å². The quantitative estimate of drug-likeness (QED) is 0.896. The van der Waals surface area contributed by atoms with E-state index in [1.54, 1.807) is 0 Å². The second-order valence-electron chi connectivity index (χ2n) is 5.75. The number of fused-ring (bicyclic) bond motifs is 1. The second kappa shape index (κ2) is 5.25. The van der Waals surface area contributed by atoms with Crippen LogP contribution in [0.3, 0.4) is 0 Å². The fraction of sp³-hybridized carbons (Fsp3) is 0.467. The molecule has 1 atom stereocenters. The molecule has 106 valence electrons. The minimum atomic E-state index is -0.471. The summed E-state index contributed by atoms with van der Waals surface area (Å²) in [5.41, 5.74) is 8.63. The fourth-order valence-corrected chi connectivity index (χ4v) is 3.03. The lowest BCUT2D eigenvalue weighted by molar-refractivity contribution is 0.0995. The van der Waals surface area contributed by atoms with E-state index >= 15 is 0 Å². The number of likely N-dealkylation sites (tertiary alicyclic amines) is 1. The van der Waals surface area contributed by atoms with Crippen LogP contribution in [0.25, 0.3) is 11.0 Å². The molecule has 1 aliphatic heterocycles. The number of aromatic nitrogens is 2. The molecule has 2 aromatic heterocycles. The number of hydrogen-bond acceptors (Lipinski definition) is 3. The summed E-state index contributed by atoms with van der Waals surface area (Å²) in [7, 11) is 0. The van der Waals surface area contributed by atoms with Crippen molar-refractivity contribution in [3.05, 3.63) is 29.6 Å². The van der Waals surface area contributed by atoms with Crippen LogP contribution in [0, 0.1) is 5.92 Å². The molecule has 20 heavy (non-hydrogen) atoms. The Balaban J connectivity index is 1.93. The molecule has 1 amide bonds. The molecule has 5 heteroatoms. The first-order valence-electron chi connectivity index (χ1n) is 7.12. The van der Waals surface area contributed by atoms with Gasteiger partial charge >= 0.3 is 0 Å². The van der Waals surface area contributed by atoms with E-state index in [4.69, 9.17) is 5.73 Å². The van der Waals surface area contributed by atoms with Gasteiger partial charge in [-0.25, -0.2) is 4.98 Å². The van der Waals surface area contributed by atoms with Crippen molar-refractivity contribution in [2.24, 2.45) is 11.7 Å². The Hall–Kier alpha value is -1.88. The van der Waals surface area contributed by atoms with Gasteiger partial charge in [0.2, 0.25) is 0 Å². The molecule has 0 bridgehead atoms. The number of nitrogens with zero attached hydrogens (tertiary/aromatic N) is 2. The minimum Gasteiger partial charge on any atom is -0.364 e. The van der Waals surface area contributed by atoms with E-state index < -0.39 is 5.91 Å². The lowest BCUT2D eigenvalue weighted by Gasteiger charge is -2.30. The SMILES string of the molecule is CC1CCCN(Cc2cc(C(N)=O)nc3cc[nH]c23)C1. The van der Waals surface area contributed by atoms with E-state index in [0.29, 0.717) is 5.69 Å². The predicted octanol–water partition coefficient (Wildman–Crippen LogP) is 1.89. The maximum Gasteiger partial charge on any atom is 0.267 e. The van der Waals surface area contributed by atoms with Gasteiger partial charge in [0.15, 0.2) is 0 Å². The topological polar surface area (TPSA) is 75.0 Å². The zero-order valence-electron chi connectivity index (χ0n) is 11.7. The third kappa shape index (κ3) is 2.54. The van der Waals surface area contributed by atoms with Crippen molar-refractivity contribution in [3.63, 3.8) is 0 Å². The summed E-state index contributed by atoms with van der Waals surface area (Å²) in [4.78, 5) is 21.3. The number of hydrogen-bond donors (Lipinski definition) is 2. The first-order chi connectivity index (χ1) is 9.63. The van der Waals surface area contributed by atoms with Crippen molar-refractivity contribution in [1.29, 1.82) is 0 Å². The molecule has 3 N–H and O–H groups in total. The number of aromatic amines is 1. The Morgan fingerprint density at radius 3 is 3.20 bits per heavy atom. The Morgan fingerprint density at radius 1 is 1.60 bits per heavy atom. The zero-order chi connectivity index (χ0) is 14.1. The van der Waals surface area contributed by atoms with Crippen molar-refractivity contribution < 1.29 is 4.79 Å². The number of rotatable bonds is 3. The Labute approximate surface area is 118 Å². The monoisotopic (exact) mass is 272 g/mol. The van der Waals surface area contributed by atoms with Crippen LogP contribution in [0.1, 0.15) is 35.8 Å². The first kappa shape index (κ1) is 13.1. The van der Waals surface area contributed by atoms with Crippen molar-refractivity contribution in [1.82, 2.24) is 14.9 Å². The number of amides is 1. The molecular weight excluding hydrogens is 252 g/mol. The number of carbonyl (C=O) groups excluding carboxylic acids is 1. The number of nitrogens with two attached hydrogens (primary N) is 1. The van der Waals surface area contributed by atoms with Crippen LogP contribution in [0.2, 0.25) is 0 Å². The normalized spacial score (nSPS) is 20.4. The Morgan fingerprint density at radius 2 is 2.45 bits per heavy atom. The number of nitrogens with one attached hydrogen (secondary N) is 1. The molecule has 0 aliphatic carbocycles. The van der Waals surface area contributed by atoms with Crippen molar-refractivity contribution in [2.75, 3.05) is 13.1 Å². The van der Waals surface area contributed by atoms with Gasteiger partial charge in [0, 0.05) is 19.3 Å². The van der Waals surface area contributed by atoms with Gasteiger partial charge in [0.25, 0.3) is 5.91 Å². The number of primary amides is 1. The molecule has 2 aromatic rings. The van der Waals surface area contributed by atoms with Crippen LogP contribution >= 0.6 is 0 Å². The standard InChI is InChI=1S/C15H20N4O/c1-10-3-2-6-19(8-10)9-11-7-13(15(16)20)18-12-4-5-17-14(11)12/h4-5,7,10,17H,2-3,6,8-9H2,1H3,(H2,16,20). The van der Waals surface area contributed by atoms with Gasteiger partial charge < -0.3 is 10.7 Å². The molecule has 3 rings (SSSR count). The minimum absolute atomic E-state index is 0.345. The summed E-state index contributed by atoms with van der Waals surface area (Å²) in [5.74, 6) is 0.265. The fourth-order valence-electron chi connectivity index (χ4n) is 3.03. The van der Waals surface area contributed by atoms with Gasteiger partial charge in [-0.3, -0.25) is 9.69 Å². The average Bonchev–Trinajstić information content (AvgIpc) is 2.87. The van der Waals surface area contributed by atoms with Crippen LogP contribution in [0.4, 0.5) is 0 Å². The number of piperidine rings is 1. The summed E-state index contributed by atoms with van der Waals surface area (Å²) in [6, 6.07) is 3.70. The molecule has 0 spiro atoms. The third-order valence-corrected chi connectivity index (χ3v) is 3.99. The first-order valence-corrected chi connectivity index (χ1v) is 7.12. The van der Waals surface area contributed by atoms with E-state index in [9.17, 15) is 4.79 Å². The molecule has 0 aromatic carbocycles. The van der Waals surface area contributed by atoms with Crippen LogP contribution < -0.4 is 5.73 Å². The summed E-state index contributed by atoms with van der Waals surface area (Å²) in [5, 5.41) is 0. The summed E-state index contributed by atoms with van der Waals surface area (Å²) in [6.45, 7) is 5.35. The highest BCUT2D eigenvalue weighted by Gasteiger charge is 2.18. The Bertz CT molecular complexity index is 634. The Kier molecular flexibility index (Phi) is 3.44. The largest absolute Gasteiger partial charge is 0.364 e. The van der Waals surface area contributed by atoms with E-state index in [-0.39, 0.29) is 0 Å². The molecule has 1 fully saturated rings. The van der Waals surface area contributed by atoms with E-state index in [2.05, 4.69) is 21.8 Å². The molecule has 0 radical (unpaired) electrons. The summed E-state index contributed by atoms with van der Waals surface area (Å²) < 4.78 is 0. The maximum absolute atomic E-state index is 11.4. The lowest BCUT2D eigenvalue weighted by Crippen LogP contribution is -2.33. The highest BCUT2D eigenvalue weighted by Crippen LogP contribution is 2.22. The molecule has 3 heterocycles. The van der Waals surface area contributed by atoms with E-state index in [1.807, 2.05) is 18.3 Å². The second-order valence-corrected chi connectivity index (χ2v) is 5.75. The van der Waals surface area contributed by atoms with Crippen LogP contribution in [0.15, 0.2) is 18.3 Å². The molecular formula is C15H20N4O. The van der Waals surface area contributed by atoms with Gasteiger partial charge in [0.05, 0.1) is 11.0 Å². The molecule has 1 aliphatic rings. The lowest BCUT2D eigenvalue weighted by atomic mass is 9.99. The maximum atomic E-state index is 11.4. The summed E-state index contributed by atoms with van der Waals surface area (Å²) in [6.07, 6.45) is 4.39. The summed E-state index contributed by atoms with van der Waals surface area (Å²) >= 11 is 0. The van der Waals surface area contributed by atoms with Crippen LogP contribution in [-0.2, 0) is 6.54 Å². The van der Waals surface area contributed by atoms with Gasteiger partial charge in [-0.2, -0.15) is 0 Å². The van der Waals surface area contributed by atoms with Crippen molar-refractivity contribution >= 4 is 16.9 Å². The highest BCUT2D eigenvalue weighted by atomic mass is 16.1. The number of carbonyl (C=O) groups is 1. The molecule has 1 unspecified atom stereocenters. The number of pyridine rings is 1. The smallest absolute Gasteiger partial charge is 0.267 e.